The van der Waals surface area contributed by atoms with E-state index in [2.05, 4.69) is 15.3 Å². The van der Waals surface area contributed by atoms with E-state index in [-0.39, 0.29) is 23.2 Å². The zero-order valence-corrected chi connectivity index (χ0v) is 17.8. The Morgan fingerprint density at radius 1 is 1.13 bits per heavy atom. The summed E-state index contributed by atoms with van der Waals surface area (Å²) in [6.07, 6.45) is 5.46. The van der Waals surface area contributed by atoms with Gasteiger partial charge in [0.1, 0.15) is 10.8 Å². The van der Waals surface area contributed by atoms with Crippen LogP contribution in [0.4, 0.5) is 4.39 Å². The van der Waals surface area contributed by atoms with Gasteiger partial charge >= 0.3 is 5.69 Å². The van der Waals surface area contributed by atoms with Crippen LogP contribution >= 0.6 is 11.8 Å². The number of aromatic nitrogens is 3. The lowest BCUT2D eigenvalue weighted by atomic mass is 9.97. The maximum atomic E-state index is 13.0. The Morgan fingerprint density at radius 2 is 1.94 bits per heavy atom. The van der Waals surface area contributed by atoms with E-state index in [1.807, 2.05) is 18.2 Å². The zero-order valence-electron chi connectivity index (χ0n) is 17.0. The van der Waals surface area contributed by atoms with E-state index >= 15 is 0 Å². The second-order valence-electron chi connectivity index (χ2n) is 7.43. The van der Waals surface area contributed by atoms with Crippen LogP contribution < -0.4 is 11.0 Å². The highest BCUT2D eigenvalue weighted by atomic mass is 32.2. The molecule has 0 unspecified atom stereocenters. The van der Waals surface area contributed by atoms with E-state index in [1.165, 1.54) is 23.9 Å². The molecule has 0 aliphatic heterocycles. The van der Waals surface area contributed by atoms with Crippen molar-refractivity contribution in [1.29, 1.82) is 0 Å². The minimum Gasteiger partial charge on any atom is -0.351 e. The van der Waals surface area contributed by atoms with E-state index in [9.17, 15) is 14.0 Å². The molecule has 1 N–H and O–H groups in total. The quantitative estimate of drug-likeness (QED) is 0.453. The van der Waals surface area contributed by atoms with E-state index in [0.29, 0.717) is 18.1 Å². The summed E-state index contributed by atoms with van der Waals surface area (Å²) in [6.45, 7) is 0.731. The van der Waals surface area contributed by atoms with E-state index < -0.39 is 0 Å². The van der Waals surface area contributed by atoms with Crippen LogP contribution in [-0.4, -0.2) is 26.2 Å². The van der Waals surface area contributed by atoms with Crippen molar-refractivity contribution in [2.45, 2.75) is 43.8 Å². The van der Waals surface area contributed by atoms with Crippen molar-refractivity contribution < 1.29 is 9.18 Å². The normalized spacial score (nSPS) is 12.9. The monoisotopic (exact) mass is 438 g/mol. The van der Waals surface area contributed by atoms with Crippen LogP contribution in [0.5, 0.6) is 0 Å². The van der Waals surface area contributed by atoms with Crippen molar-refractivity contribution in [3.8, 4) is 0 Å². The van der Waals surface area contributed by atoms with Gasteiger partial charge in [-0.15, -0.1) is 0 Å². The predicted molar refractivity (Wildman–Crippen MR) is 117 cm³/mol. The standard InChI is InChI=1S/C23H23FN4O2S/c24-17-10-8-16(9-11-17)13-26-21(29)15-31-22-19-6-1-2-7-20(19)28(23(30)27-22)14-18-5-3-4-12-25-18/h3-5,8-12H,1-2,6-7,13-15H2,(H,26,29). The van der Waals surface area contributed by atoms with Crippen LogP contribution in [0.2, 0.25) is 0 Å². The van der Waals surface area contributed by atoms with Gasteiger partial charge in [-0.25, -0.2) is 9.18 Å². The molecule has 4 rings (SSSR count). The first-order chi connectivity index (χ1) is 15.1. The second-order valence-corrected chi connectivity index (χ2v) is 8.40. The van der Waals surface area contributed by atoms with Crippen molar-refractivity contribution in [2.75, 3.05) is 5.75 Å². The van der Waals surface area contributed by atoms with E-state index in [0.717, 1.165) is 48.2 Å². The molecule has 2 heterocycles. The lowest BCUT2D eigenvalue weighted by Crippen LogP contribution is -2.31. The van der Waals surface area contributed by atoms with E-state index in [4.69, 9.17) is 0 Å². The number of nitrogens with zero attached hydrogens (tertiary/aromatic N) is 3. The molecule has 3 aromatic rings. The molecule has 1 aliphatic rings. The Morgan fingerprint density at radius 3 is 2.71 bits per heavy atom. The number of nitrogens with one attached hydrogen (secondary N) is 1. The Balaban J connectivity index is 1.46. The highest BCUT2D eigenvalue weighted by molar-refractivity contribution is 7.99. The maximum absolute atomic E-state index is 13.0. The highest BCUT2D eigenvalue weighted by Crippen LogP contribution is 2.28. The first-order valence-electron chi connectivity index (χ1n) is 10.3. The Hall–Kier alpha value is -3.00. The summed E-state index contributed by atoms with van der Waals surface area (Å²) >= 11 is 1.30. The number of carbonyl (C=O) groups excluding carboxylic acids is 1. The molecule has 2 aromatic heterocycles. The van der Waals surface area contributed by atoms with Crippen LogP contribution in [0, 0.1) is 5.82 Å². The van der Waals surface area contributed by atoms with Gasteiger partial charge in [0.2, 0.25) is 5.91 Å². The fourth-order valence-electron chi connectivity index (χ4n) is 3.67. The van der Waals surface area contributed by atoms with Gasteiger partial charge in [0.15, 0.2) is 0 Å². The van der Waals surface area contributed by atoms with Crippen LogP contribution in [0.15, 0.2) is 58.5 Å². The fraction of sp³-hybridized carbons (Fsp3) is 0.304. The number of fused-ring (bicyclic) bond motifs is 1. The molecule has 6 nitrogen and oxygen atoms in total. The molecule has 1 amide bonds. The molecular formula is C23H23FN4O2S. The first-order valence-corrected chi connectivity index (χ1v) is 11.2. The Labute approximate surface area is 183 Å². The second kappa shape index (κ2) is 9.87. The topological polar surface area (TPSA) is 76.9 Å². The molecule has 31 heavy (non-hydrogen) atoms. The molecule has 1 aromatic carbocycles. The molecule has 0 spiro atoms. The zero-order chi connectivity index (χ0) is 21.6. The highest BCUT2D eigenvalue weighted by Gasteiger charge is 2.21. The Bertz CT molecular complexity index is 1120. The third-order valence-corrected chi connectivity index (χ3v) is 6.26. The summed E-state index contributed by atoms with van der Waals surface area (Å²) in [5.74, 6) is -0.290. The molecule has 1 aliphatic carbocycles. The number of rotatable bonds is 7. The number of hydrogen-bond acceptors (Lipinski definition) is 5. The molecular weight excluding hydrogens is 415 g/mol. The lowest BCUT2D eigenvalue weighted by molar-refractivity contribution is -0.118. The Kier molecular flexibility index (Phi) is 6.76. The smallest absolute Gasteiger partial charge is 0.349 e. The maximum Gasteiger partial charge on any atom is 0.349 e. The minimum atomic E-state index is -0.306. The lowest BCUT2D eigenvalue weighted by Gasteiger charge is -2.22. The number of amides is 1. The number of pyridine rings is 1. The summed E-state index contributed by atoms with van der Waals surface area (Å²) in [4.78, 5) is 33.7. The van der Waals surface area contributed by atoms with Crippen molar-refractivity contribution in [3.63, 3.8) is 0 Å². The van der Waals surface area contributed by atoms with Gasteiger partial charge in [0.25, 0.3) is 0 Å². The minimum absolute atomic E-state index is 0.154. The summed E-state index contributed by atoms with van der Waals surface area (Å²) < 4.78 is 14.7. The molecule has 160 valence electrons. The summed E-state index contributed by atoms with van der Waals surface area (Å²) in [5, 5.41) is 3.47. The molecule has 0 saturated heterocycles. The van der Waals surface area contributed by atoms with Crippen molar-refractivity contribution in [1.82, 2.24) is 19.9 Å². The SMILES string of the molecule is O=C(CSc1nc(=O)n(Cc2ccccn2)c2c1CCCC2)NCc1ccc(F)cc1. The summed E-state index contributed by atoms with van der Waals surface area (Å²) in [6, 6.07) is 11.7. The number of hydrogen-bond donors (Lipinski definition) is 1. The van der Waals surface area contributed by atoms with E-state index in [1.54, 1.807) is 22.9 Å². The van der Waals surface area contributed by atoms with Gasteiger partial charge in [0.05, 0.1) is 18.0 Å². The molecule has 0 bridgehead atoms. The summed E-state index contributed by atoms with van der Waals surface area (Å²) in [5.41, 5.74) is 3.41. The van der Waals surface area contributed by atoms with Gasteiger partial charge in [0, 0.05) is 24.0 Å². The molecule has 8 heteroatoms. The van der Waals surface area contributed by atoms with Gasteiger partial charge in [-0.05, 0) is 55.5 Å². The van der Waals surface area contributed by atoms with Gasteiger partial charge in [-0.3, -0.25) is 14.3 Å². The third-order valence-electron chi connectivity index (χ3n) is 5.24. The van der Waals surface area contributed by atoms with Gasteiger partial charge < -0.3 is 5.32 Å². The predicted octanol–water partition coefficient (Wildman–Crippen LogP) is 3.11. The molecule has 0 atom stereocenters. The average Bonchev–Trinajstić information content (AvgIpc) is 2.80. The van der Waals surface area contributed by atoms with Gasteiger partial charge in [-0.2, -0.15) is 4.98 Å². The van der Waals surface area contributed by atoms with Crippen molar-refractivity contribution in [3.05, 3.63) is 87.5 Å². The van der Waals surface area contributed by atoms with Crippen LogP contribution in [0.1, 0.15) is 35.4 Å². The number of benzene rings is 1. The van der Waals surface area contributed by atoms with Gasteiger partial charge in [-0.1, -0.05) is 30.0 Å². The van der Waals surface area contributed by atoms with Crippen LogP contribution in [-0.2, 0) is 30.7 Å². The molecule has 0 fully saturated rings. The van der Waals surface area contributed by atoms with Crippen molar-refractivity contribution >= 4 is 17.7 Å². The number of halogens is 1. The van der Waals surface area contributed by atoms with Crippen LogP contribution in [0.25, 0.3) is 0 Å². The fourth-order valence-corrected chi connectivity index (χ4v) is 4.58. The third kappa shape index (κ3) is 5.38. The van der Waals surface area contributed by atoms with Crippen LogP contribution in [0.3, 0.4) is 0 Å². The van der Waals surface area contributed by atoms with Crippen molar-refractivity contribution in [2.24, 2.45) is 0 Å². The number of thioether (sulfide) groups is 1. The average molecular weight is 439 g/mol. The summed E-state index contributed by atoms with van der Waals surface area (Å²) in [7, 11) is 0. The number of carbonyl (C=O) groups is 1. The largest absolute Gasteiger partial charge is 0.351 e. The first kappa shape index (κ1) is 21.2. The molecule has 0 radical (unpaired) electrons. The molecule has 0 saturated carbocycles.